The predicted octanol–water partition coefficient (Wildman–Crippen LogP) is 5.14. The zero-order valence-electron chi connectivity index (χ0n) is 24.4. The monoisotopic (exact) mass is 644 g/mol. The average molecular weight is 645 g/mol. The molecule has 0 radical (unpaired) electrons. The number of thiophene rings is 2. The van der Waals surface area contributed by atoms with Crippen LogP contribution < -0.4 is 11.5 Å². The molecule has 6 rings (SSSR count). The molecule has 0 aliphatic carbocycles. The number of nitrogens with zero attached hydrogens (tertiary/aromatic N) is 6. The van der Waals surface area contributed by atoms with Crippen molar-refractivity contribution in [1.29, 1.82) is 5.26 Å². The number of nitriles is 1. The van der Waals surface area contributed by atoms with Gasteiger partial charge in [0.05, 0.1) is 16.3 Å². The Balaban J connectivity index is 0.000000175. The fourth-order valence-electron chi connectivity index (χ4n) is 4.90. The molecule has 1 aromatic carbocycles. The second-order valence-corrected chi connectivity index (χ2v) is 13.4. The first-order valence-corrected chi connectivity index (χ1v) is 15.5. The summed E-state index contributed by atoms with van der Waals surface area (Å²) in [5, 5.41) is 11.1. The molecule has 2 amide bonds. The highest BCUT2D eigenvalue weighted by Crippen LogP contribution is 2.41. The molecule has 4 aromatic rings. The van der Waals surface area contributed by atoms with Gasteiger partial charge in [0.25, 0.3) is 5.91 Å². The standard InChI is InChI=1S/C17H15N5O.C14H14ClN3OS2/c1-17(15(23)22(2)16(19)21-17)14-5-3-4-12(7-14)13-6-11(8-18)9-20-10-13;1-14(6-12(19)18(2)13(16)17-14)10-5-8(7-20-10)9-3-4-11(15)21-9/h3-7,9-10H,1-2H3,(H2,19,21);3-5,7H,6H2,1-2H3,(H2,16,17)/t;14-/m.0/s1. The summed E-state index contributed by atoms with van der Waals surface area (Å²) in [6, 6.07) is 17.3. The zero-order chi connectivity index (χ0) is 31.8. The van der Waals surface area contributed by atoms with Crippen LogP contribution in [-0.2, 0) is 20.7 Å². The summed E-state index contributed by atoms with van der Waals surface area (Å²) < 4.78 is 0.765. The number of amides is 2. The number of guanidine groups is 2. The summed E-state index contributed by atoms with van der Waals surface area (Å²) in [7, 11) is 3.25. The number of hydrogen-bond donors (Lipinski definition) is 2. The average Bonchev–Trinajstić information content (AvgIpc) is 3.73. The van der Waals surface area contributed by atoms with Crippen molar-refractivity contribution in [2.24, 2.45) is 21.5 Å². The quantitative estimate of drug-likeness (QED) is 0.313. The Bertz CT molecular complexity index is 1880. The van der Waals surface area contributed by atoms with Gasteiger partial charge in [-0.1, -0.05) is 29.8 Å². The molecule has 4 N–H and O–H groups in total. The minimum absolute atomic E-state index is 0.0147. The number of likely N-dealkylation sites (N-methyl/N-ethyl adjacent to an activating group) is 1. The van der Waals surface area contributed by atoms with Gasteiger partial charge in [0.2, 0.25) is 5.91 Å². The molecular formula is C31H29ClN8O2S2. The summed E-state index contributed by atoms with van der Waals surface area (Å²) in [5.74, 6) is 0.286. The van der Waals surface area contributed by atoms with Gasteiger partial charge in [-0.2, -0.15) is 5.26 Å². The highest BCUT2D eigenvalue weighted by Gasteiger charge is 2.44. The third-order valence-electron chi connectivity index (χ3n) is 7.59. The maximum Gasteiger partial charge on any atom is 0.261 e. The second-order valence-electron chi connectivity index (χ2n) is 10.7. The number of nitrogens with two attached hydrogens (primary N) is 2. The normalized spacial score (nSPS) is 21.4. The Morgan fingerprint density at radius 1 is 0.955 bits per heavy atom. The van der Waals surface area contributed by atoms with Gasteiger partial charge in [0.15, 0.2) is 17.5 Å². The van der Waals surface area contributed by atoms with Crippen molar-refractivity contribution in [3.05, 3.63) is 86.6 Å². The molecule has 1 unspecified atom stereocenters. The molecule has 0 saturated heterocycles. The number of pyridine rings is 1. The van der Waals surface area contributed by atoms with E-state index in [0.29, 0.717) is 12.0 Å². The van der Waals surface area contributed by atoms with Crippen LogP contribution in [0.2, 0.25) is 4.34 Å². The van der Waals surface area contributed by atoms with Crippen LogP contribution >= 0.6 is 34.3 Å². The molecule has 2 aliphatic rings. The van der Waals surface area contributed by atoms with E-state index in [9.17, 15) is 9.59 Å². The van der Waals surface area contributed by atoms with Crippen molar-refractivity contribution < 1.29 is 9.59 Å². The van der Waals surface area contributed by atoms with Crippen LogP contribution in [0.5, 0.6) is 0 Å². The second kappa shape index (κ2) is 11.8. The number of hydrogen-bond acceptors (Lipinski definition) is 10. The lowest BCUT2D eigenvalue weighted by Gasteiger charge is -2.32. The molecule has 0 spiro atoms. The molecule has 224 valence electrons. The molecule has 0 saturated carbocycles. The number of benzene rings is 1. The minimum Gasteiger partial charge on any atom is -0.369 e. The van der Waals surface area contributed by atoms with Gasteiger partial charge in [0.1, 0.15) is 11.6 Å². The number of carbonyl (C=O) groups is 2. The lowest BCUT2D eigenvalue weighted by molar-refractivity contribution is -0.130. The summed E-state index contributed by atoms with van der Waals surface area (Å²) in [6.07, 6.45) is 3.52. The van der Waals surface area contributed by atoms with Gasteiger partial charge in [0, 0.05) is 47.4 Å². The van der Waals surface area contributed by atoms with Crippen LogP contribution in [0.1, 0.15) is 36.3 Å². The lowest BCUT2D eigenvalue weighted by atomic mass is 9.90. The number of rotatable bonds is 4. The van der Waals surface area contributed by atoms with Crippen molar-refractivity contribution in [2.75, 3.05) is 14.1 Å². The van der Waals surface area contributed by atoms with E-state index in [1.807, 2.05) is 43.3 Å². The maximum atomic E-state index is 12.5. The zero-order valence-corrected chi connectivity index (χ0v) is 26.8. The van der Waals surface area contributed by atoms with Gasteiger partial charge in [-0.15, -0.1) is 22.7 Å². The van der Waals surface area contributed by atoms with Crippen molar-refractivity contribution in [1.82, 2.24) is 14.8 Å². The van der Waals surface area contributed by atoms with Crippen LogP contribution in [0, 0.1) is 11.3 Å². The van der Waals surface area contributed by atoms with Crippen LogP contribution in [0.3, 0.4) is 0 Å². The summed E-state index contributed by atoms with van der Waals surface area (Å²) >= 11 is 9.11. The van der Waals surface area contributed by atoms with Crippen LogP contribution in [-0.4, -0.2) is 52.6 Å². The number of aromatic nitrogens is 1. The van der Waals surface area contributed by atoms with E-state index in [1.54, 1.807) is 44.6 Å². The van der Waals surface area contributed by atoms with Crippen molar-refractivity contribution in [3.8, 4) is 27.6 Å². The number of halogens is 1. The molecule has 0 fully saturated rings. The molecule has 0 bridgehead atoms. The topological polar surface area (TPSA) is 154 Å². The number of carbonyl (C=O) groups excluding carboxylic acids is 2. The van der Waals surface area contributed by atoms with Crippen molar-refractivity contribution >= 4 is 58.0 Å². The first kappa shape index (κ1) is 30.9. The molecule has 5 heterocycles. The van der Waals surface area contributed by atoms with E-state index >= 15 is 0 Å². The predicted molar refractivity (Wildman–Crippen MR) is 175 cm³/mol. The molecule has 2 aliphatic heterocycles. The van der Waals surface area contributed by atoms with E-state index in [-0.39, 0.29) is 23.7 Å². The Kier molecular flexibility index (Phi) is 8.31. The molecule has 44 heavy (non-hydrogen) atoms. The van der Waals surface area contributed by atoms with Gasteiger partial charge in [-0.25, -0.2) is 9.98 Å². The smallest absolute Gasteiger partial charge is 0.261 e. The Morgan fingerprint density at radius 2 is 1.70 bits per heavy atom. The van der Waals surface area contributed by atoms with Gasteiger partial charge in [-0.3, -0.25) is 24.4 Å². The Morgan fingerprint density at radius 3 is 2.34 bits per heavy atom. The van der Waals surface area contributed by atoms with E-state index in [0.717, 1.165) is 36.3 Å². The van der Waals surface area contributed by atoms with Crippen molar-refractivity contribution in [2.45, 2.75) is 31.3 Å². The van der Waals surface area contributed by atoms with E-state index in [4.69, 9.17) is 28.3 Å². The summed E-state index contributed by atoms with van der Waals surface area (Å²) in [4.78, 5) is 42.3. The lowest BCUT2D eigenvalue weighted by Crippen LogP contribution is -2.47. The van der Waals surface area contributed by atoms with Gasteiger partial charge in [-0.05, 0) is 60.7 Å². The molecule has 10 nitrogen and oxygen atoms in total. The SMILES string of the molecule is CN1C(=O)C(C)(c2cccc(-c3cncc(C#N)c3)c2)N=C1N.CN1C(=O)C[C@@](C)(c2cc(-c3ccc(Cl)s3)cs2)N=C1N. The molecule has 3 aromatic heterocycles. The number of aliphatic imine (C=N–C) groups is 2. The van der Waals surface area contributed by atoms with Crippen molar-refractivity contribution in [3.63, 3.8) is 0 Å². The van der Waals surface area contributed by atoms with Gasteiger partial charge >= 0.3 is 0 Å². The maximum absolute atomic E-state index is 12.5. The highest BCUT2D eigenvalue weighted by atomic mass is 35.5. The van der Waals surface area contributed by atoms with E-state index in [1.165, 1.54) is 27.3 Å². The summed E-state index contributed by atoms with van der Waals surface area (Å²) in [6.45, 7) is 3.69. The van der Waals surface area contributed by atoms with Crippen LogP contribution in [0.4, 0.5) is 0 Å². The molecule has 13 heteroatoms. The Labute approximate surface area is 267 Å². The Hall–Kier alpha value is -4.57. The molecule has 2 atom stereocenters. The third-order valence-corrected chi connectivity index (χ3v) is 10.1. The third kappa shape index (κ3) is 5.81. The first-order valence-electron chi connectivity index (χ1n) is 13.4. The fraction of sp³-hybridized carbons (Fsp3) is 0.226. The van der Waals surface area contributed by atoms with E-state index < -0.39 is 11.1 Å². The van der Waals surface area contributed by atoms with Crippen LogP contribution in [0.15, 0.2) is 76.3 Å². The fourth-order valence-corrected chi connectivity index (χ4v) is 7.02. The van der Waals surface area contributed by atoms with Crippen LogP contribution in [0.25, 0.3) is 21.6 Å². The molecular weight excluding hydrogens is 616 g/mol. The van der Waals surface area contributed by atoms with Gasteiger partial charge < -0.3 is 11.5 Å². The summed E-state index contributed by atoms with van der Waals surface area (Å²) in [5.41, 5.74) is 14.0. The highest BCUT2D eigenvalue weighted by molar-refractivity contribution is 7.19. The largest absolute Gasteiger partial charge is 0.369 e. The van der Waals surface area contributed by atoms with E-state index in [2.05, 4.69) is 32.5 Å². The minimum atomic E-state index is -1.03. The first-order chi connectivity index (χ1) is 20.8.